The quantitative estimate of drug-likeness (QED) is 0.106. The van der Waals surface area contributed by atoms with E-state index in [0.29, 0.717) is 12.0 Å². The summed E-state index contributed by atoms with van der Waals surface area (Å²) in [6, 6.07) is 9.10. The van der Waals surface area contributed by atoms with Crippen molar-refractivity contribution in [2.45, 2.75) is 82.8 Å². The summed E-state index contributed by atoms with van der Waals surface area (Å²) in [5.41, 5.74) is -1.54. The minimum absolute atomic E-state index is 0.0351. The van der Waals surface area contributed by atoms with Gasteiger partial charge in [0.1, 0.15) is 45.6 Å². The van der Waals surface area contributed by atoms with E-state index in [2.05, 4.69) is 0 Å². The number of ether oxygens (including phenoxy) is 4. The smallest absolute Gasteiger partial charge is 0.493 e. The van der Waals surface area contributed by atoms with Crippen molar-refractivity contribution in [2.24, 2.45) is 0 Å². The van der Waals surface area contributed by atoms with Gasteiger partial charge in [0.15, 0.2) is 19.6 Å². The third-order valence-electron chi connectivity index (χ3n) is 7.68. The van der Waals surface area contributed by atoms with Gasteiger partial charge in [-0.2, -0.15) is 26.4 Å². The van der Waals surface area contributed by atoms with Crippen molar-refractivity contribution in [3.63, 3.8) is 0 Å². The van der Waals surface area contributed by atoms with Gasteiger partial charge in [-0.3, -0.25) is 0 Å². The number of aliphatic hydroxyl groups excluding tert-OH is 1. The molecule has 1 heterocycles. The Kier molecular flexibility index (Phi) is 12.9. The second-order valence-corrected chi connectivity index (χ2v) is 17.8. The first-order valence-corrected chi connectivity index (χ1v) is 19.4. The van der Waals surface area contributed by atoms with Gasteiger partial charge in [-0.1, -0.05) is 12.1 Å². The molecule has 3 rings (SSSR count). The highest BCUT2D eigenvalue weighted by Gasteiger charge is 2.62. The van der Waals surface area contributed by atoms with Gasteiger partial charge in [0.25, 0.3) is 0 Å². The van der Waals surface area contributed by atoms with Crippen LogP contribution in [0.4, 0.5) is 9.59 Å². The average Bonchev–Trinajstić information content (AvgIpc) is 2.99. The van der Waals surface area contributed by atoms with Gasteiger partial charge in [-0.05, 0) is 85.2 Å². The fourth-order valence-corrected chi connectivity index (χ4v) is 8.79. The van der Waals surface area contributed by atoms with Crippen LogP contribution in [-0.2, 0) is 39.1 Å². The number of benzene rings is 2. The zero-order valence-electron chi connectivity index (χ0n) is 30.5. The van der Waals surface area contributed by atoms with Crippen LogP contribution >= 0.6 is 0 Å². The van der Waals surface area contributed by atoms with Crippen LogP contribution in [0.25, 0.3) is 0 Å². The maximum Gasteiger partial charge on any atom is 0.532 e. The number of hydrogen-bond donors (Lipinski definition) is 1. The first kappa shape index (κ1) is 41.6. The van der Waals surface area contributed by atoms with Crippen molar-refractivity contribution in [1.29, 1.82) is 0 Å². The molecule has 0 saturated carbocycles. The van der Waals surface area contributed by atoms with E-state index in [-0.39, 0.29) is 44.4 Å². The van der Waals surface area contributed by atoms with Crippen LogP contribution in [0.2, 0.25) is 0 Å². The molecule has 1 aliphatic rings. The maximum atomic E-state index is 14.8. The lowest BCUT2D eigenvalue weighted by Crippen LogP contribution is -2.73. The summed E-state index contributed by atoms with van der Waals surface area (Å²) in [5.74, 6) is -0.615. The van der Waals surface area contributed by atoms with Crippen LogP contribution in [0.5, 0.6) is 11.5 Å². The highest BCUT2D eigenvalue weighted by Crippen LogP contribution is 2.36. The fourth-order valence-electron chi connectivity index (χ4n) is 5.34. The zero-order valence-corrected chi connectivity index (χ0v) is 32.1. The lowest BCUT2D eigenvalue weighted by atomic mass is 10.2. The van der Waals surface area contributed by atoms with Gasteiger partial charge >= 0.3 is 38.3 Å². The number of hydrogen-bond acceptors (Lipinski definition) is 13. The number of sulfonamides is 1. The Balaban J connectivity index is 2.14. The molecule has 15 nitrogen and oxygen atoms in total. The van der Waals surface area contributed by atoms with E-state index < -0.39 is 87.3 Å². The highest BCUT2D eigenvalue weighted by molar-refractivity contribution is 7.90. The van der Waals surface area contributed by atoms with Crippen molar-refractivity contribution < 1.29 is 67.8 Å². The van der Waals surface area contributed by atoms with E-state index in [4.69, 9.17) is 28.2 Å². The molecular weight excluding hydrogens is 709 g/mol. The zero-order chi connectivity index (χ0) is 38.5. The highest BCUT2D eigenvalue weighted by atomic mass is 32.2. The van der Waals surface area contributed by atoms with Gasteiger partial charge in [0.2, 0.25) is 0 Å². The van der Waals surface area contributed by atoms with E-state index in [1.807, 2.05) is 0 Å². The summed E-state index contributed by atoms with van der Waals surface area (Å²) in [5, 5.41) is 9.07. The minimum Gasteiger partial charge on any atom is -0.493 e. The molecule has 284 valence electrons. The Hall–Kier alpha value is -3.77. The molecule has 0 aromatic heterocycles. The third kappa shape index (κ3) is 10.2. The monoisotopic (exact) mass is 758 g/mol. The third-order valence-corrected chi connectivity index (χ3v) is 11.5. The predicted octanol–water partition coefficient (Wildman–Crippen LogP) is 4.29. The molecule has 1 aliphatic heterocycles. The largest absolute Gasteiger partial charge is 0.532 e. The van der Waals surface area contributed by atoms with Crippen molar-refractivity contribution >= 4 is 38.3 Å². The van der Waals surface area contributed by atoms with Crippen LogP contribution in [0.3, 0.4) is 0 Å². The van der Waals surface area contributed by atoms with E-state index in [9.17, 15) is 31.2 Å². The van der Waals surface area contributed by atoms with E-state index in [1.165, 1.54) is 24.3 Å². The Labute approximate surface area is 300 Å². The first-order chi connectivity index (χ1) is 23.5. The summed E-state index contributed by atoms with van der Waals surface area (Å²) in [6.45, 7) is 10.5. The van der Waals surface area contributed by atoms with Crippen molar-refractivity contribution in [3.05, 3.63) is 48.0 Å². The lowest BCUT2D eigenvalue weighted by Gasteiger charge is -2.44. The molecular formula is C34H50N2O13S2+2. The summed E-state index contributed by atoms with van der Waals surface area (Å²) in [6.07, 6.45) is -1.67. The molecule has 17 heteroatoms. The molecule has 1 fully saturated rings. The van der Waals surface area contributed by atoms with Gasteiger partial charge in [-0.15, -0.1) is 3.89 Å². The Morgan fingerprint density at radius 2 is 1.35 bits per heavy atom. The molecule has 51 heavy (non-hydrogen) atoms. The fraction of sp³-hybridized carbons (Fsp3) is 0.559. The second-order valence-electron chi connectivity index (χ2n) is 14.2. The van der Waals surface area contributed by atoms with Crippen LogP contribution in [-0.4, -0.2) is 112 Å². The van der Waals surface area contributed by atoms with Crippen LogP contribution in [0.15, 0.2) is 52.3 Å². The van der Waals surface area contributed by atoms with Gasteiger partial charge in [0, 0.05) is 19.1 Å². The molecule has 0 bridgehead atoms. The molecule has 2 amide bonds. The summed E-state index contributed by atoms with van der Waals surface area (Å²) < 4.78 is 82.7. The van der Waals surface area contributed by atoms with Gasteiger partial charge in [-0.25, -0.2) is 9.28 Å². The number of carbonyl (C=O) groups excluding carboxylic acids is 3. The van der Waals surface area contributed by atoms with Crippen molar-refractivity contribution in [2.75, 3.05) is 52.5 Å². The Bertz CT molecular complexity index is 1800. The molecule has 2 aromatic carbocycles. The predicted molar refractivity (Wildman–Crippen MR) is 184 cm³/mol. The number of nitrogens with zero attached hydrogens (tertiary/aromatic N) is 2. The van der Waals surface area contributed by atoms with Gasteiger partial charge in [0.05, 0.1) is 13.2 Å². The van der Waals surface area contributed by atoms with E-state index in [1.54, 1.807) is 61.5 Å². The van der Waals surface area contributed by atoms with E-state index >= 15 is 0 Å². The SMILES string of the molecule is CCOC(=O)C[N+]1(C(=O)OC(C)(C)C)CC[N+](C(=O)OC(C)(C)C)(S(=O)(=O)c2ccccc2S(=O)(=O)Oc2cc(C)cc(OCCCO)c2)CC1. The van der Waals surface area contributed by atoms with Gasteiger partial charge < -0.3 is 28.2 Å². The number of amides is 2. The molecule has 0 radical (unpaired) electrons. The number of aliphatic hydroxyl groups is 1. The topological polar surface area (TPSA) is 186 Å². The molecule has 2 aromatic rings. The summed E-state index contributed by atoms with van der Waals surface area (Å²) in [4.78, 5) is 39.0. The lowest BCUT2D eigenvalue weighted by molar-refractivity contribution is -0.919. The normalized spacial score (nSPS) is 19.9. The molecule has 1 saturated heterocycles. The number of quaternary nitrogens is 2. The maximum absolute atomic E-state index is 14.8. The molecule has 0 spiro atoms. The van der Waals surface area contributed by atoms with Crippen molar-refractivity contribution in [3.8, 4) is 11.5 Å². The average molecular weight is 759 g/mol. The van der Waals surface area contributed by atoms with Crippen LogP contribution in [0, 0.1) is 6.92 Å². The molecule has 0 unspecified atom stereocenters. The second kappa shape index (κ2) is 15.9. The Morgan fingerprint density at radius 1 is 0.804 bits per heavy atom. The van der Waals surface area contributed by atoms with Crippen LogP contribution < -0.4 is 8.92 Å². The first-order valence-electron chi connectivity index (χ1n) is 16.5. The number of aryl methyl sites for hydroxylation is 1. The molecule has 0 aliphatic carbocycles. The number of carbonyl (C=O) groups is 3. The molecule has 1 N–H and O–H groups in total. The van der Waals surface area contributed by atoms with Crippen LogP contribution in [0.1, 0.15) is 60.5 Å². The number of esters is 1. The minimum atomic E-state index is -5.01. The summed E-state index contributed by atoms with van der Waals surface area (Å²) in [7, 11) is -9.87. The number of rotatable bonds is 12. The molecule has 0 atom stereocenters. The van der Waals surface area contributed by atoms with E-state index in [0.717, 1.165) is 12.1 Å². The van der Waals surface area contributed by atoms with Crippen molar-refractivity contribution in [1.82, 2.24) is 0 Å². The summed E-state index contributed by atoms with van der Waals surface area (Å²) >= 11 is 0. The Morgan fingerprint density at radius 3 is 1.90 bits per heavy atom. The standard InChI is InChI=1S/C34H50N2O13S2/c1-9-45-30(38)24-35(31(39)47-33(3,4)5)15-17-36(18-16-35,32(40)48-34(6,7)8)50(41,42)28-13-10-11-14-29(28)51(43,44)49-27-22-25(2)21-26(23-27)46-20-12-19-37/h10-11,13-14,21-23,37H,9,12,15-20,24H2,1-8H3/q+2. The number of piperazine rings is 1.